The summed E-state index contributed by atoms with van der Waals surface area (Å²) in [5.41, 5.74) is 0.935. The zero-order chi connectivity index (χ0) is 14.8. The number of anilines is 1. The van der Waals surface area contributed by atoms with Crippen LogP contribution in [0.25, 0.3) is 10.8 Å². The summed E-state index contributed by atoms with van der Waals surface area (Å²) >= 11 is 6.02. The van der Waals surface area contributed by atoms with Gasteiger partial charge in [0.2, 0.25) is 0 Å². The summed E-state index contributed by atoms with van der Waals surface area (Å²) in [5, 5.41) is 4.19. The first-order valence-electron chi connectivity index (χ1n) is 6.40. The van der Waals surface area contributed by atoms with Crippen molar-refractivity contribution >= 4 is 34.0 Å². The summed E-state index contributed by atoms with van der Waals surface area (Å²) in [6.07, 6.45) is 0. The molecule has 0 radical (unpaired) electrons. The Balaban J connectivity index is 2.03. The number of halogens is 2. The molecule has 0 unspecified atom stereocenters. The van der Waals surface area contributed by atoms with E-state index in [4.69, 9.17) is 11.6 Å². The van der Waals surface area contributed by atoms with Gasteiger partial charge in [0.1, 0.15) is 5.82 Å². The number of carbonyl (C=O) groups excluding carboxylic acids is 1. The fourth-order valence-corrected chi connectivity index (χ4v) is 2.40. The topological polar surface area (TPSA) is 29.1 Å². The van der Waals surface area contributed by atoms with Gasteiger partial charge in [-0.05, 0) is 29.7 Å². The Kier molecular flexibility index (Phi) is 3.59. The highest BCUT2D eigenvalue weighted by molar-refractivity contribution is 6.34. The largest absolute Gasteiger partial charge is 0.321 e. The van der Waals surface area contributed by atoms with Crippen molar-refractivity contribution in [1.29, 1.82) is 0 Å². The molecule has 21 heavy (non-hydrogen) atoms. The van der Waals surface area contributed by atoms with Crippen LogP contribution in [-0.4, -0.2) is 5.91 Å². The average molecular weight is 300 g/mol. The predicted molar refractivity (Wildman–Crippen MR) is 83.3 cm³/mol. The highest BCUT2D eigenvalue weighted by Crippen LogP contribution is 2.25. The lowest BCUT2D eigenvalue weighted by Crippen LogP contribution is -2.12. The van der Waals surface area contributed by atoms with E-state index in [0.717, 1.165) is 0 Å². The van der Waals surface area contributed by atoms with Crippen LogP contribution in [0, 0.1) is 5.82 Å². The molecule has 3 aromatic carbocycles. The SMILES string of the molecule is O=C(Nc1ccccc1Cl)c1ccc(F)c2ccccc12. The Hall–Kier alpha value is -2.39. The molecule has 0 spiro atoms. The van der Waals surface area contributed by atoms with Crippen molar-refractivity contribution in [1.82, 2.24) is 0 Å². The van der Waals surface area contributed by atoms with Crippen LogP contribution in [0.4, 0.5) is 10.1 Å². The van der Waals surface area contributed by atoms with Crippen molar-refractivity contribution in [2.75, 3.05) is 5.32 Å². The molecule has 0 aliphatic rings. The Morgan fingerprint density at radius 3 is 2.33 bits per heavy atom. The van der Waals surface area contributed by atoms with Crippen LogP contribution >= 0.6 is 11.6 Å². The van der Waals surface area contributed by atoms with Crippen LogP contribution < -0.4 is 5.32 Å². The molecule has 4 heteroatoms. The van der Waals surface area contributed by atoms with Gasteiger partial charge in [-0.1, -0.05) is 48.0 Å². The summed E-state index contributed by atoms with van der Waals surface area (Å²) in [6, 6.07) is 16.6. The second kappa shape index (κ2) is 5.54. The minimum atomic E-state index is -0.347. The Morgan fingerprint density at radius 2 is 1.57 bits per heavy atom. The quantitative estimate of drug-likeness (QED) is 0.717. The van der Waals surface area contributed by atoms with Crippen LogP contribution in [-0.2, 0) is 0 Å². The van der Waals surface area contributed by atoms with Gasteiger partial charge in [0.25, 0.3) is 5.91 Å². The third-order valence-corrected chi connectivity index (χ3v) is 3.57. The molecule has 0 saturated heterocycles. The molecule has 0 aliphatic carbocycles. The number of fused-ring (bicyclic) bond motifs is 1. The van der Waals surface area contributed by atoms with Crippen LogP contribution in [0.15, 0.2) is 60.7 Å². The summed E-state index contributed by atoms with van der Waals surface area (Å²) in [5.74, 6) is -0.667. The van der Waals surface area contributed by atoms with Gasteiger partial charge in [-0.2, -0.15) is 0 Å². The van der Waals surface area contributed by atoms with Crippen LogP contribution in [0.3, 0.4) is 0 Å². The maximum Gasteiger partial charge on any atom is 0.256 e. The van der Waals surface area contributed by atoms with Crippen molar-refractivity contribution in [2.45, 2.75) is 0 Å². The van der Waals surface area contributed by atoms with Gasteiger partial charge in [0.05, 0.1) is 10.7 Å². The summed E-state index contributed by atoms with van der Waals surface area (Å²) in [7, 11) is 0. The van der Waals surface area contributed by atoms with Gasteiger partial charge in [0.15, 0.2) is 0 Å². The van der Waals surface area contributed by atoms with Gasteiger partial charge in [-0.15, -0.1) is 0 Å². The molecular formula is C17H11ClFNO. The lowest BCUT2D eigenvalue weighted by atomic mass is 10.0. The van der Waals surface area contributed by atoms with E-state index < -0.39 is 0 Å². The van der Waals surface area contributed by atoms with Crippen LogP contribution in [0.5, 0.6) is 0 Å². The normalized spacial score (nSPS) is 10.6. The van der Waals surface area contributed by atoms with Crippen molar-refractivity contribution in [3.63, 3.8) is 0 Å². The number of hydrogen-bond acceptors (Lipinski definition) is 1. The van der Waals surface area contributed by atoms with E-state index >= 15 is 0 Å². The molecule has 104 valence electrons. The number of carbonyl (C=O) groups is 1. The lowest BCUT2D eigenvalue weighted by molar-refractivity contribution is 0.102. The molecule has 0 fully saturated rings. The highest BCUT2D eigenvalue weighted by atomic mass is 35.5. The maximum absolute atomic E-state index is 13.8. The molecule has 2 nitrogen and oxygen atoms in total. The Morgan fingerprint density at radius 1 is 0.905 bits per heavy atom. The number of para-hydroxylation sites is 1. The van der Waals surface area contributed by atoms with Gasteiger partial charge < -0.3 is 5.32 Å². The Labute approximate surface area is 126 Å². The van der Waals surface area contributed by atoms with Gasteiger partial charge in [0, 0.05) is 10.9 Å². The van der Waals surface area contributed by atoms with E-state index in [2.05, 4.69) is 5.32 Å². The van der Waals surface area contributed by atoms with E-state index in [1.165, 1.54) is 12.1 Å². The smallest absolute Gasteiger partial charge is 0.256 e. The number of hydrogen-bond donors (Lipinski definition) is 1. The second-order valence-corrected chi connectivity index (χ2v) is 4.98. The van der Waals surface area contributed by atoms with Gasteiger partial charge in [-0.3, -0.25) is 4.79 Å². The standard InChI is InChI=1S/C17H11ClFNO/c18-14-7-3-4-8-16(14)20-17(21)13-9-10-15(19)12-6-2-1-5-11(12)13/h1-10H,(H,20,21). The monoisotopic (exact) mass is 299 g/mol. The minimum Gasteiger partial charge on any atom is -0.321 e. The molecule has 3 aromatic rings. The van der Waals surface area contributed by atoms with Gasteiger partial charge in [-0.25, -0.2) is 4.39 Å². The first kappa shape index (κ1) is 13.6. The molecule has 1 amide bonds. The maximum atomic E-state index is 13.8. The molecule has 0 heterocycles. The van der Waals surface area contributed by atoms with Gasteiger partial charge >= 0.3 is 0 Å². The summed E-state index contributed by atoms with van der Waals surface area (Å²) < 4.78 is 13.8. The summed E-state index contributed by atoms with van der Waals surface area (Å²) in [4.78, 5) is 12.4. The molecule has 3 rings (SSSR count). The number of amides is 1. The number of rotatable bonds is 2. The third kappa shape index (κ3) is 2.60. The Bertz CT molecular complexity index is 832. The molecule has 0 atom stereocenters. The molecule has 0 saturated carbocycles. The molecule has 0 aromatic heterocycles. The van der Waals surface area contributed by atoms with Crippen molar-refractivity contribution in [3.8, 4) is 0 Å². The fraction of sp³-hybridized carbons (Fsp3) is 0. The molecule has 0 bridgehead atoms. The van der Waals surface area contributed by atoms with E-state index in [-0.39, 0.29) is 11.7 Å². The van der Waals surface area contributed by atoms with Crippen LogP contribution in [0.2, 0.25) is 5.02 Å². The van der Waals surface area contributed by atoms with E-state index in [1.807, 2.05) is 0 Å². The van der Waals surface area contributed by atoms with E-state index in [9.17, 15) is 9.18 Å². The number of nitrogens with one attached hydrogen (secondary N) is 1. The highest BCUT2D eigenvalue weighted by Gasteiger charge is 2.13. The van der Waals surface area contributed by atoms with E-state index in [1.54, 1.807) is 48.5 Å². The third-order valence-electron chi connectivity index (χ3n) is 3.24. The number of benzene rings is 3. The lowest BCUT2D eigenvalue weighted by Gasteiger charge is -2.09. The van der Waals surface area contributed by atoms with Crippen molar-refractivity contribution in [2.24, 2.45) is 0 Å². The summed E-state index contributed by atoms with van der Waals surface area (Å²) in [6.45, 7) is 0. The zero-order valence-corrected chi connectivity index (χ0v) is 11.7. The first-order valence-corrected chi connectivity index (χ1v) is 6.78. The predicted octanol–water partition coefficient (Wildman–Crippen LogP) is 4.88. The zero-order valence-electron chi connectivity index (χ0n) is 10.9. The molecule has 0 aliphatic heterocycles. The molecular weight excluding hydrogens is 289 g/mol. The second-order valence-electron chi connectivity index (χ2n) is 4.57. The molecule has 1 N–H and O–H groups in total. The average Bonchev–Trinajstić information content (AvgIpc) is 2.50. The van der Waals surface area contributed by atoms with Crippen molar-refractivity contribution in [3.05, 3.63) is 77.1 Å². The fourth-order valence-electron chi connectivity index (χ4n) is 2.21. The van der Waals surface area contributed by atoms with Crippen LogP contribution in [0.1, 0.15) is 10.4 Å². The van der Waals surface area contributed by atoms with E-state index in [0.29, 0.717) is 27.0 Å². The minimum absolute atomic E-state index is 0.320. The first-order chi connectivity index (χ1) is 10.2. The van der Waals surface area contributed by atoms with Crippen molar-refractivity contribution < 1.29 is 9.18 Å².